The van der Waals surface area contributed by atoms with Gasteiger partial charge in [0, 0.05) is 12.6 Å². The Balaban J connectivity index is 2.10. The summed E-state index contributed by atoms with van der Waals surface area (Å²) in [4.78, 5) is 12.2. The van der Waals surface area contributed by atoms with Gasteiger partial charge in [-0.05, 0) is 24.6 Å². The molecule has 0 atom stereocenters. The van der Waals surface area contributed by atoms with Crippen LogP contribution >= 0.6 is 0 Å². The molecule has 0 saturated heterocycles. The highest BCUT2D eigenvalue weighted by atomic mass is 32.2. The van der Waals surface area contributed by atoms with Crippen molar-refractivity contribution in [2.75, 3.05) is 23.7 Å². The van der Waals surface area contributed by atoms with Crippen LogP contribution in [0.5, 0.6) is 5.75 Å². The summed E-state index contributed by atoms with van der Waals surface area (Å²) in [5, 5.41) is 2.73. The molecular weight excluding hydrogens is 340 g/mol. The molecule has 0 aliphatic rings. The Hall–Kier alpha value is -2.54. The van der Waals surface area contributed by atoms with Gasteiger partial charge in [0.2, 0.25) is 15.9 Å². The van der Waals surface area contributed by atoms with Gasteiger partial charge in [0.1, 0.15) is 12.3 Å². The fourth-order valence-corrected chi connectivity index (χ4v) is 3.13. The van der Waals surface area contributed by atoms with Gasteiger partial charge in [0.25, 0.3) is 0 Å². The van der Waals surface area contributed by atoms with Crippen molar-refractivity contribution in [1.82, 2.24) is 5.32 Å². The minimum Gasteiger partial charge on any atom is -0.494 e. The summed E-state index contributed by atoms with van der Waals surface area (Å²) in [5.41, 5.74) is 1.34. The molecular formula is C18H22N2O4S. The number of hydrogen-bond acceptors (Lipinski definition) is 4. The second kappa shape index (κ2) is 8.53. The summed E-state index contributed by atoms with van der Waals surface area (Å²) < 4.78 is 30.7. The molecule has 0 unspecified atom stereocenters. The first-order valence-electron chi connectivity index (χ1n) is 7.91. The summed E-state index contributed by atoms with van der Waals surface area (Å²) in [5.74, 6) is 0.175. The van der Waals surface area contributed by atoms with E-state index in [9.17, 15) is 13.2 Å². The van der Waals surface area contributed by atoms with Gasteiger partial charge in [-0.3, -0.25) is 9.10 Å². The largest absolute Gasteiger partial charge is 0.494 e. The normalized spacial score (nSPS) is 11.0. The summed E-state index contributed by atoms with van der Waals surface area (Å²) in [6.45, 7) is 2.37. The van der Waals surface area contributed by atoms with Crippen molar-refractivity contribution < 1.29 is 17.9 Å². The zero-order chi connectivity index (χ0) is 18.3. The van der Waals surface area contributed by atoms with Crippen LogP contribution in [0.1, 0.15) is 12.5 Å². The Morgan fingerprint density at radius 3 is 2.48 bits per heavy atom. The molecule has 0 saturated carbocycles. The van der Waals surface area contributed by atoms with Crippen molar-refractivity contribution in [3.8, 4) is 5.75 Å². The van der Waals surface area contributed by atoms with Crippen molar-refractivity contribution in [2.45, 2.75) is 13.5 Å². The lowest BCUT2D eigenvalue weighted by atomic mass is 10.2. The Morgan fingerprint density at radius 1 is 1.12 bits per heavy atom. The molecule has 0 radical (unpaired) electrons. The smallest absolute Gasteiger partial charge is 0.241 e. The number of amides is 1. The molecule has 2 rings (SSSR count). The van der Waals surface area contributed by atoms with E-state index in [1.54, 1.807) is 24.3 Å². The topological polar surface area (TPSA) is 75.7 Å². The van der Waals surface area contributed by atoms with Gasteiger partial charge in [-0.1, -0.05) is 36.4 Å². The molecule has 25 heavy (non-hydrogen) atoms. The summed E-state index contributed by atoms with van der Waals surface area (Å²) in [6.07, 6.45) is 1.07. The summed E-state index contributed by atoms with van der Waals surface area (Å²) in [7, 11) is -3.61. The third kappa shape index (κ3) is 5.79. The number of rotatable bonds is 8. The van der Waals surface area contributed by atoms with Crippen LogP contribution in [0.2, 0.25) is 0 Å². The van der Waals surface area contributed by atoms with E-state index in [-0.39, 0.29) is 12.5 Å². The number of ether oxygens (including phenoxy) is 1. The van der Waals surface area contributed by atoms with Gasteiger partial charge in [-0.15, -0.1) is 0 Å². The fourth-order valence-electron chi connectivity index (χ4n) is 2.28. The van der Waals surface area contributed by atoms with Gasteiger partial charge < -0.3 is 10.1 Å². The number of nitrogens with one attached hydrogen (secondary N) is 1. The lowest BCUT2D eigenvalue weighted by molar-refractivity contribution is -0.119. The average Bonchev–Trinajstić information content (AvgIpc) is 2.58. The number of anilines is 1. The molecule has 134 valence electrons. The lowest BCUT2D eigenvalue weighted by Crippen LogP contribution is -2.40. The van der Waals surface area contributed by atoms with Crippen LogP contribution in [0.15, 0.2) is 54.6 Å². The fraction of sp³-hybridized carbons (Fsp3) is 0.278. The first-order chi connectivity index (χ1) is 11.9. The first kappa shape index (κ1) is 18.8. The van der Waals surface area contributed by atoms with Crippen molar-refractivity contribution in [1.29, 1.82) is 0 Å². The standard InChI is InChI=1S/C18H22N2O4S/c1-3-24-17-11-7-10-16(12-17)20(25(2,22)23)14-18(21)19-13-15-8-5-4-6-9-15/h4-12H,3,13-14H2,1-2H3,(H,19,21). The maximum atomic E-state index is 12.2. The second-order valence-corrected chi connectivity index (χ2v) is 7.37. The third-order valence-electron chi connectivity index (χ3n) is 3.44. The van der Waals surface area contributed by atoms with Crippen molar-refractivity contribution in [3.63, 3.8) is 0 Å². The molecule has 0 heterocycles. The van der Waals surface area contributed by atoms with E-state index >= 15 is 0 Å². The molecule has 7 heteroatoms. The number of carbonyl (C=O) groups is 1. The van der Waals surface area contributed by atoms with Crippen molar-refractivity contribution >= 4 is 21.6 Å². The minimum absolute atomic E-state index is 0.290. The number of carbonyl (C=O) groups excluding carboxylic acids is 1. The SMILES string of the molecule is CCOc1cccc(N(CC(=O)NCc2ccccc2)S(C)(=O)=O)c1. The van der Waals surface area contributed by atoms with Crippen molar-refractivity contribution in [3.05, 3.63) is 60.2 Å². The van der Waals surface area contributed by atoms with Crippen LogP contribution in [-0.2, 0) is 21.4 Å². The van der Waals surface area contributed by atoms with E-state index in [1.807, 2.05) is 37.3 Å². The van der Waals surface area contributed by atoms with Crippen LogP contribution in [0.25, 0.3) is 0 Å². The predicted molar refractivity (Wildman–Crippen MR) is 98.1 cm³/mol. The summed E-state index contributed by atoms with van der Waals surface area (Å²) >= 11 is 0. The number of sulfonamides is 1. The van der Waals surface area contributed by atoms with Gasteiger partial charge in [0.05, 0.1) is 18.6 Å². The monoisotopic (exact) mass is 362 g/mol. The second-order valence-electron chi connectivity index (χ2n) is 5.46. The summed E-state index contributed by atoms with van der Waals surface area (Å²) in [6, 6.07) is 16.1. The molecule has 0 aliphatic heterocycles. The van der Waals surface area contributed by atoms with E-state index in [2.05, 4.69) is 5.32 Å². The first-order valence-corrected chi connectivity index (χ1v) is 9.76. The molecule has 6 nitrogen and oxygen atoms in total. The van der Waals surface area contributed by atoms with Crippen LogP contribution in [0, 0.1) is 0 Å². The third-order valence-corrected chi connectivity index (χ3v) is 4.58. The number of benzene rings is 2. The van der Waals surface area contributed by atoms with E-state index < -0.39 is 10.0 Å². The van der Waals surface area contributed by atoms with Gasteiger partial charge in [-0.25, -0.2) is 8.42 Å². The number of hydrogen-bond donors (Lipinski definition) is 1. The quantitative estimate of drug-likeness (QED) is 0.781. The minimum atomic E-state index is -3.61. The van der Waals surface area contributed by atoms with Crippen LogP contribution in [-0.4, -0.2) is 33.7 Å². The van der Waals surface area contributed by atoms with Crippen LogP contribution in [0.3, 0.4) is 0 Å². The molecule has 0 fully saturated rings. The molecule has 2 aromatic carbocycles. The Kier molecular flexibility index (Phi) is 6.41. The maximum Gasteiger partial charge on any atom is 0.241 e. The van der Waals surface area contributed by atoms with Crippen molar-refractivity contribution in [2.24, 2.45) is 0 Å². The average molecular weight is 362 g/mol. The number of nitrogens with zero attached hydrogens (tertiary/aromatic N) is 1. The highest BCUT2D eigenvalue weighted by Crippen LogP contribution is 2.23. The van der Waals surface area contributed by atoms with E-state index in [0.29, 0.717) is 24.6 Å². The van der Waals surface area contributed by atoms with E-state index in [1.165, 1.54) is 0 Å². The maximum absolute atomic E-state index is 12.2. The molecule has 0 aliphatic carbocycles. The van der Waals surface area contributed by atoms with Crippen LogP contribution < -0.4 is 14.4 Å². The van der Waals surface area contributed by atoms with Crippen LogP contribution in [0.4, 0.5) is 5.69 Å². The van der Waals surface area contributed by atoms with Gasteiger partial charge >= 0.3 is 0 Å². The van der Waals surface area contributed by atoms with Gasteiger partial charge in [-0.2, -0.15) is 0 Å². The lowest BCUT2D eigenvalue weighted by Gasteiger charge is -2.22. The Bertz CT molecular complexity index is 807. The Morgan fingerprint density at radius 2 is 1.84 bits per heavy atom. The Labute approximate surface area is 148 Å². The highest BCUT2D eigenvalue weighted by molar-refractivity contribution is 7.92. The molecule has 2 aromatic rings. The van der Waals surface area contributed by atoms with E-state index in [0.717, 1.165) is 16.1 Å². The zero-order valence-electron chi connectivity index (χ0n) is 14.3. The zero-order valence-corrected chi connectivity index (χ0v) is 15.1. The van der Waals surface area contributed by atoms with E-state index in [4.69, 9.17) is 4.74 Å². The molecule has 0 bridgehead atoms. The molecule has 0 aromatic heterocycles. The molecule has 0 spiro atoms. The highest BCUT2D eigenvalue weighted by Gasteiger charge is 2.21. The van der Waals surface area contributed by atoms with Gasteiger partial charge in [0.15, 0.2) is 0 Å². The molecule has 1 N–H and O–H groups in total. The molecule has 1 amide bonds. The predicted octanol–water partition coefficient (Wildman–Crippen LogP) is 2.17.